The van der Waals surface area contributed by atoms with Crippen molar-refractivity contribution in [3.63, 3.8) is 0 Å². The number of ether oxygens (including phenoxy) is 1. The largest absolute Gasteiger partial charge is 0.385 e. The molecule has 0 aromatic rings. The summed E-state index contributed by atoms with van der Waals surface area (Å²) in [5, 5.41) is 3.46. The first kappa shape index (κ1) is 9.96. The van der Waals surface area contributed by atoms with E-state index in [9.17, 15) is 0 Å². The van der Waals surface area contributed by atoms with E-state index in [0.29, 0.717) is 12.1 Å². The van der Waals surface area contributed by atoms with Crippen LogP contribution < -0.4 is 11.1 Å². The molecular formula is C9H20N2O. The lowest BCUT2D eigenvalue weighted by Gasteiger charge is -2.16. The topological polar surface area (TPSA) is 47.3 Å². The van der Waals surface area contributed by atoms with Gasteiger partial charge in [-0.05, 0) is 25.8 Å². The normalized spacial score (nSPS) is 29.5. The molecule has 0 amide bonds. The van der Waals surface area contributed by atoms with Crippen LogP contribution in [0.25, 0.3) is 0 Å². The van der Waals surface area contributed by atoms with Gasteiger partial charge in [0.1, 0.15) is 0 Å². The molecule has 2 atom stereocenters. The number of nitrogens with one attached hydrogen (secondary N) is 1. The Morgan fingerprint density at radius 3 is 2.92 bits per heavy atom. The van der Waals surface area contributed by atoms with Gasteiger partial charge in [0.25, 0.3) is 0 Å². The molecule has 0 heterocycles. The fourth-order valence-electron chi connectivity index (χ4n) is 1.75. The second-order valence-corrected chi connectivity index (χ2v) is 3.50. The fraction of sp³-hybridized carbons (Fsp3) is 1.00. The molecule has 72 valence electrons. The third-order valence-corrected chi connectivity index (χ3v) is 2.50. The molecule has 1 fully saturated rings. The van der Waals surface area contributed by atoms with Crippen molar-refractivity contribution in [1.29, 1.82) is 0 Å². The molecule has 0 spiro atoms. The second-order valence-electron chi connectivity index (χ2n) is 3.50. The molecule has 3 heteroatoms. The van der Waals surface area contributed by atoms with Gasteiger partial charge >= 0.3 is 0 Å². The predicted octanol–water partition coefficient (Wildman–Crippen LogP) is 0.492. The van der Waals surface area contributed by atoms with Crippen LogP contribution in [0.1, 0.15) is 25.7 Å². The summed E-state index contributed by atoms with van der Waals surface area (Å²) in [5.41, 5.74) is 5.90. The standard InChI is InChI=1S/C9H20N2O/c1-12-7-3-6-11-9-5-2-4-8(9)10/h8-9,11H,2-7,10H2,1H3/t8-,9-/m0/s1. The predicted molar refractivity (Wildman–Crippen MR) is 50.1 cm³/mol. The van der Waals surface area contributed by atoms with Crippen molar-refractivity contribution in [3.05, 3.63) is 0 Å². The van der Waals surface area contributed by atoms with Crippen LogP contribution in [0.3, 0.4) is 0 Å². The van der Waals surface area contributed by atoms with Gasteiger partial charge in [0.2, 0.25) is 0 Å². The van der Waals surface area contributed by atoms with Gasteiger partial charge in [-0.1, -0.05) is 6.42 Å². The van der Waals surface area contributed by atoms with E-state index in [4.69, 9.17) is 10.5 Å². The van der Waals surface area contributed by atoms with Crippen LogP contribution in [-0.4, -0.2) is 32.3 Å². The molecule has 1 rings (SSSR count). The lowest BCUT2D eigenvalue weighted by Crippen LogP contribution is -2.41. The Bertz CT molecular complexity index is 119. The summed E-state index contributed by atoms with van der Waals surface area (Å²) < 4.78 is 4.96. The molecule has 0 bridgehead atoms. The zero-order valence-electron chi connectivity index (χ0n) is 7.88. The number of hydrogen-bond donors (Lipinski definition) is 2. The van der Waals surface area contributed by atoms with Crippen LogP contribution >= 0.6 is 0 Å². The Labute approximate surface area is 74.7 Å². The van der Waals surface area contributed by atoms with Crippen molar-refractivity contribution in [2.24, 2.45) is 5.73 Å². The van der Waals surface area contributed by atoms with E-state index in [0.717, 1.165) is 19.6 Å². The zero-order valence-corrected chi connectivity index (χ0v) is 7.88. The molecular weight excluding hydrogens is 152 g/mol. The summed E-state index contributed by atoms with van der Waals surface area (Å²) in [7, 11) is 1.74. The van der Waals surface area contributed by atoms with Crippen molar-refractivity contribution in [2.45, 2.75) is 37.8 Å². The maximum absolute atomic E-state index is 5.90. The highest BCUT2D eigenvalue weighted by atomic mass is 16.5. The Kier molecular flexibility index (Phi) is 4.58. The van der Waals surface area contributed by atoms with Gasteiger partial charge in [0, 0.05) is 25.8 Å². The summed E-state index contributed by atoms with van der Waals surface area (Å²) in [6.07, 6.45) is 4.79. The van der Waals surface area contributed by atoms with E-state index in [1.807, 2.05) is 0 Å². The summed E-state index contributed by atoms with van der Waals surface area (Å²) in [5.74, 6) is 0. The van der Waals surface area contributed by atoms with E-state index < -0.39 is 0 Å². The Balaban J connectivity index is 1.98. The van der Waals surface area contributed by atoms with E-state index >= 15 is 0 Å². The van der Waals surface area contributed by atoms with Crippen molar-refractivity contribution in [2.75, 3.05) is 20.3 Å². The van der Waals surface area contributed by atoms with Gasteiger partial charge in [-0.3, -0.25) is 0 Å². The maximum atomic E-state index is 5.90. The highest BCUT2D eigenvalue weighted by molar-refractivity contribution is 4.85. The quantitative estimate of drug-likeness (QED) is 0.593. The van der Waals surface area contributed by atoms with E-state index in [-0.39, 0.29) is 0 Å². The average Bonchev–Trinajstić information content (AvgIpc) is 2.46. The Hall–Kier alpha value is -0.120. The second kappa shape index (κ2) is 5.51. The van der Waals surface area contributed by atoms with Crippen molar-refractivity contribution >= 4 is 0 Å². The number of rotatable bonds is 5. The third-order valence-electron chi connectivity index (χ3n) is 2.50. The van der Waals surface area contributed by atoms with Gasteiger partial charge in [-0.15, -0.1) is 0 Å². The van der Waals surface area contributed by atoms with E-state index in [1.54, 1.807) is 7.11 Å². The van der Waals surface area contributed by atoms with Gasteiger partial charge in [0.05, 0.1) is 0 Å². The average molecular weight is 172 g/mol. The minimum Gasteiger partial charge on any atom is -0.385 e. The molecule has 1 saturated carbocycles. The first-order chi connectivity index (χ1) is 5.84. The minimum atomic E-state index is 0.382. The zero-order chi connectivity index (χ0) is 8.81. The number of nitrogens with two attached hydrogens (primary N) is 1. The van der Waals surface area contributed by atoms with E-state index in [1.165, 1.54) is 19.3 Å². The number of methoxy groups -OCH3 is 1. The van der Waals surface area contributed by atoms with Gasteiger partial charge in [0.15, 0.2) is 0 Å². The highest BCUT2D eigenvalue weighted by Crippen LogP contribution is 2.16. The first-order valence-electron chi connectivity index (χ1n) is 4.82. The molecule has 0 radical (unpaired) electrons. The molecule has 0 unspecified atom stereocenters. The van der Waals surface area contributed by atoms with Crippen molar-refractivity contribution in [3.8, 4) is 0 Å². The smallest absolute Gasteiger partial charge is 0.0474 e. The summed E-state index contributed by atoms with van der Waals surface area (Å²) in [4.78, 5) is 0. The molecule has 0 saturated heterocycles. The molecule has 12 heavy (non-hydrogen) atoms. The fourth-order valence-corrected chi connectivity index (χ4v) is 1.75. The lowest BCUT2D eigenvalue weighted by atomic mass is 10.2. The Morgan fingerprint density at radius 2 is 2.33 bits per heavy atom. The Morgan fingerprint density at radius 1 is 1.50 bits per heavy atom. The summed E-state index contributed by atoms with van der Waals surface area (Å²) >= 11 is 0. The van der Waals surface area contributed by atoms with E-state index in [2.05, 4.69) is 5.32 Å². The summed E-state index contributed by atoms with van der Waals surface area (Å²) in [6, 6.07) is 0.939. The van der Waals surface area contributed by atoms with Gasteiger partial charge in [-0.2, -0.15) is 0 Å². The monoisotopic (exact) mass is 172 g/mol. The lowest BCUT2D eigenvalue weighted by molar-refractivity contribution is 0.193. The van der Waals surface area contributed by atoms with Crippen LogP contribution in [0.15, 0.2) is 0 Å². The maximum Gasteiger partial charge on any atom is 0.0474 e. The molecule has 1 aliphatic rings. The van der Waals surface area contributed by atoms with Crippen molar-refractivity contribution in [1.82, 2.24) is 5.32 Å². The SMILES string of the molecule is COCCCN[C@H]1CCC[C@@H]1N. The minimum absolute atomic E-state index is 0.382. The first-order valence-corrected chi connectivity index (χ1v) is 4.82. The highest BCUT2D eigenvalue weighted by Gasteiger charge is 2.22. The van der Waals surface area contributed by atoms with Crippen LogP contribution in [0.2, 0.25) is 0 Å². The molecule has 3 N–H and O–H groups in total. The van der Waals surface area contributed by atoms with Crippen LogP contribution in [0.5, 0.6) is 0 Å². The summed E-state index contributed by atoms with van der Waals surface area (Å²) in [6.45, 7) is 1.88. The van der Waals surface area contributed by atoms with Crippen LogP contribution in [-0.2, 0) is 4.74 Å². The molecule has 0 aromatic carbocycles. The molecule has 3 nitrogen and oxygen atoms in total. The van der Waals surface area contributed by atoms with Crippen LogP contribution in [0, 0.1) is 0 Å². The molecule has 0 aliphatic heterocycles. The molecule has 1 aliphatic carbocycles. The van der Waals surface area contributed by atoms with Crippen LogP contribution in [0.4, 0.5) is 0 Å². The van der Waals surface area contributed by atoms with Gasteiger partial charge < -0.3 is 15.8 Å². The van der Waals surface area contributed by atoms with Crippen molar-refractivity contribution < 1.29 is 4.74 Å². The number of hydrogen-bond acceptors (Lipinski definition) is 3. The van der Waals surface area contributed by atoms with Gasteiger partial charge in [-0.25, -0.2) is 0 Å². The third kappa shape index (κ3) is 3.09. The molecule has 0 aromatic heterocycles.